The van der Waals surface area contributed by atoms with Crippen LogP contribution in [0.1, 0.15) is 12.0 Å². The van der Waals surface area contributed by atoms with Crippen molar-refractivity contribution in [2.45, 2.75) is 25.0 Å². The van der Waals surface area contributed by atoms with E-state index in [-0.39, 0.29) is 25.3 Å². The third-order valence-electron chi connectivity index (χ3n) is 3.47. The Labute approximate surface area is 126 Å². The second-order valence-corrected chi connectivity index (χ2v) is 5.36. The van der Waals surface area contributed by atoms with Gasteiger partial charge in [0.05, 0.1) is 19.6 Å². The van der Waals surface area contributed by atoms with Crippen molar-refractivity contribution in [1.29, 1.82) is 0 Å². The maximum Gasteiger partial charge on any atom is 0.326 e. The summed E-state index contributed by atoms with van der Waals surface area (Å²) in [5, 5.41) is 19.2. The van der Waals surface area contributed by atoms with E-state index in [1.54, 1.807) is 18.2 Å². The van der Waals surface area contributed by atoms with Crippen molar-refractivity contribution in [1.82, 2.24) is 4.90 Å². The molecule has 114 valence electrons. The first-order valence-electron chi connectivity index (χ1n) is 6.45. The zero-order chi connectivity index (χ0) is 15.6. The van der Waals surface area contributed by atoms with E-state index in [4.69, 9.17) is 21.4 Å². The average molecular weight is 314 g/mol. The van der Waals surface area contributed by atoms with Gasteiger partial charge in [0, 0.05) is 23.6 Å². The van der Waals surface area contributed by atoms with Crippen LogP contribution in [0.2, 0.25) is 5.02 Å². The quantitative estimate of drug-likeness (QED) is 0.864. The largest absolute Gasteiger partial charge is 0.496 e. The lowest BCUT2D eigenvalue weighted by Crippen LogP contribution is -2.41. The van der Waals surface area contributed by atoms with Crippen LogP contribution in [-0.4, -0.2) is 52.8 Å². The molecule has 7 heteroatoms. The van der Waals surface area contributed by atoms with Crippen LogP contribution < -0.4 is 4.74 Å². The van der Waals surface area contributed by atoms with Crippen molar-refractivity contribution in [2.24, 2.45) is 0 Å². The summed E-state index contributed by atoms with van der Waals surface area (Å²) in [7, 11) is 1.48. The van der Waals surface area contributed by atoms with E-state index >= 15 is 0 Å². The standard InChI is InChI=1S/C14H16ClNO5/c1-21-12-3-2-9(15)4-8(12)5-13(18)16-7-10(17)6-11(16)14(19)20/h2-4,10-11,17H,5-7H2,1H3,(H,19,20)/t10-,11+/m1/s1. The number of benzene rings is 1. The molecule has 1 amide bonds. The Morgan fingerprint density at radius 1 is 1.48 bits per heavy atom. The van der Waals surface area contributed by atoms with Crippen molar-refractivity contribution in [3.05, 3.63) is 28.8 Å². The molecule has 2 N–H and O–H groups in total. The smallest absolute Gasteiger partial charge is 0.326 e. The van der Waals surface area contributed by atoms with E-state index in [0.29, 0.717) is 16.3 Å². The zero-order valence-corrected chi connectivity index (χ0v) is 12.2. The lowest BCUT2D eigenvalue weighted by molar-refractivity contribution is -0.148. The molecular weight excluding hydrogens is 298 g/mol. The van der Waals surface area contributed by atoms with Crippen LogP contribution in [0.3, 0.4) is 0 Å². The Bertz CT molecular complexity index is 562. The van der Waals surface area contributed by atoms with E-state index in [9.17, 15) is 14.7 Å². The van der Waals surface area contributed by atoms with Crippen molar-refractivity contribution < 1.29 is 24.5 Å². The van der Waals surface area contributed by atoms with E-state index in [1.165, 1.54) is 12.0 Å². The summed E-state index contributed by atoms with van der Waals surface area (Å²) >= 11 is 5.90. The average Bonchev–Trinajstić information content (AvgIpc) is 2.81. The van der Waals surface area contributed by atoms with Gasteiger partial charge in [-0.2, -0.15) is 0 Å². The molecule has 1 aromatic rings. The van der Waals surface area contributed by atoms with Gasteiger partial charge in [0.15, 0.2) is 0 Å². The number of β-amino-alcohol motifs (C(OH)–C–C–N with tert-alkyl or cyclic N) is 1. The van der Waals surface area contributed by atoms with Crippen molar-refractivity contribution in [3.8, 4) is 5.75 Å². The Hall–Kier alpha value is -1.79. The molecule has 1 aliphatic rings. The minimum Gasteiger partial charge on any atom is -0.496 e. The molecule has 6 nitrogen and oxygen atoms in total. The van der Waals surface area contributed by atoms with E-state index in [0.717, 1.165) is 0 Å². The number of aliphatic hydroxyl groups is 1. The second kappa shape index (κ2) is 6.32. The molecular formula is C14H16ClNO5. The predicted molar refractivity (Wildman–Crippen MR) is 75.5 cm³/mol. The van der Waals surface area contributed by atoms with Gasteiger partial charge in [0.1, 0.15) is 11.8 Å². The van der Waals surface area contributed by atoms with Crippen molar-refractivity contribution >= 4 is 23.5 Å². The summed E-state index contributed by atoms with van der Waals surface area (Å²) in [6.45, 7) is 0.0265. The fourth-order valence-electron chi connectivity index (χ4n) is 2.47. The molecule has 1 fully saturated rings. The summed E-state index contributed by atoms with van der Waals surface area (Å²) in [4.78, 5) is 24.6. The fraction of sp³-hybridized carbons (Fsp3) is 0.429. The molecule has 0 aliphatic carbocycles. The first-order valence-corrected chi connectivity index (χ1v) is 6.83. The normalized spacial score (nSPS) is 21.4. The third-order valence-corrected chi connectivity index (χ3v) is 3.70. The predicted octanol–water partition coefficient (Wildman–Crippen LogP) is 0.938. The number of hydrogen-bond acceptors (Lipinski definition) is 4. The second-order valence-electron chi connectivity index (χ2n) is 4.92. The topological polar surface area (TPSA) is 87.1 Å². The molecule has 1 heterocycles. The highest BCUT2D eigenvalue weighted by atomic mass is 35.5. The highest BCUT2D eigenvalue weighted by Gasteiger charge is 2.38. The van der Waals surface area contributed by atoms with Crippen LogP contribution in [0.5, 0.6) is 5.75 Å². The molecule has 0 bridgehead atoms. The van der Waals surface area contributed by atoms with Crippen LogP contribution in [0, 0.1) is 0 Å². The number of nitrogens with zero attached hydrogens (tertiary/aromatic N) is 1. The number of aliphatic carboxylic acids is 1. The molecule has 0 spiro atoms. The minimum atomic E-state index is -1.11. The number of likely N-dealkylation sites (tertiary alicyclic amines) is 1. The molecule has 1 saturated heterocycles. The van der Waals surface area contributed by atoms with Crippen molar-refractivity contribution in [2.75, 3.05) is 13.7 Å². The number of carboxylic acid groups (broad SMARTS) is 1. The van der Waals surface area contributed by atoms with E-state index in [2.05, 4.69) is 0 Å². The van der Waals surface area contributed by atoms with Gasteiger partial charge in [-0.05, 0) is 18.2 Å². The van der Waals surface area contributed by atoms with Gasteiger partial charge >= 0.3 is 5.97 Å². The number of rotatable bonds is 4. The Balaban J connectivity index is 2.18. The van der Waals surface area contributed by atoms with Crippen LogP contribution in [-0.2, 0) is 16.0 Å². The van der Waals surface area contributed by atoms with E-state index in [1.807, 2.05) is 0 Å². The highest BCUT2D eigenvalue weighted by Crippen LogP contribution is 2.25. The number of hydrogen-bond donors (Lipinski definition) is 2. The molecule has 0 radical (unpaired) electrons. The van der Waals surface area contributed by atoms with Crippen molar-refractivity contribution in [3.63, 3.8) is 0 Å². The Morgan fingerprint density at radius 2 is 2.19 bits per heavy atom. The number of ether oxygens (including phenoxy) is 1. The summed E-state index contributed by atoms with van der Waals surface area (Å²) in [5.74, 6) is -0.975. The first-order chi connectivity index (χ1) is 9.92. The first kappa shape index (κ1) is 15.6. The maximum absolute atomic E-state index is 12.3. The number of carboxylic acids is 1. The molecule has 0 saturated carbocycles. The molecule has 2 atom stereocenters. The number of halogens is 1. The number of carbonyl (C=O) groups excluding carboxylic acids is 1. The lowest BCUT2D eigenvalue weighted by atomic mass is 10.1. The molecule has 0 aromatic heterocycles. The lowest BCUT2D eigenvalue weighted by Gasteiger charge is -2.21. The Morgan fingerprint density at radius 3 is 2.81 bits per heavy atom. The van der Waals surface area contributed by atoms with Gasteiger partial charge in [-0.25, -0.2) is 4.79 Å². The van der Waals surface area contributed by atoms with Crippen LogP contribution in [0.25, 0.3) is 0 Å². The third kappa shape index (κ3) is 3.46. The highest BCUT2D eigenvalue weighted by molar-refractivity contribution is 6.30. The number of methoxy groups -OCH3 is 1. The number of carbonyl (C=O) groups is 2. The van der Waals surface area contributed by atoms with Gasteiger partial charge in [-0.1, -0.05) is 11.6 Å². The zero-order valence-electron chi connectivity index (χ0n) is 11.5. The van der Waals surface area contributed by atoms with Gasteiger partial charge in [-0.15, -0.1) is 0 Å². The van der Waals surface area contributed by atoms with Crippen LogP contribution >= 0.6 is 11.6 Å². The maximum atomic E-state index is 12.3. The molecule has 1 aliphatic heterocycles. The summed E-state index contributed by atoms with van der Waals surface area (Å²) in [5.41, 5.74) is 0.584. The summed E-state index contributed by atoms with van der Waals surface area (Å²) in [6, 6.07) is 3.92. The fourth-order valence-corrected chi connectivity index (χ4v) is 2.67. The van der Waals surface area contributed by atoms with Gasteiger partial charge < -0.3 is 19.8 Å². The molecule has 2 rings (SSSR count). The molecule has 21 heavy (non-hydrogen) atoms. The molecule has 1 aromatic carbocycles. The summed E-state index contributed by atoms with van der Waals surface area (Å²) < 4.78 is 5.16. The van der Waals surface area contributed by atoms with Crippen LogP contribution in [0.4, 0.5) is 0 Å². The number of aliphatic hydroxyl groups excluding tert-OH is 1. The van der Waals surface area contributed by atoms with Gasteiger partial charge in [0.2, 0.25) is 5.91 Å². The monoisotopic (exact) mass is 313 g/mol. The number of amides is 1. The summed E-state index contributed by atoms with van der Waals surface area (Å²) in [6.07, 6.45) is -0.787. The molecule has 0 unspecified atom stereocenters. The Kier molecular flexibility index (Phi) is 4.69. The van der Waals surface area contributed by atoms with Gasteiger partial charge in [0.25, 0.3) is 0 Å². The van der Waals surface area contributed by atoms with E-state index < -0.39 is 18.1 Å². The minimum absolute atomic E-state index is 0.0265. The SMILES string of the molecule is COc1ccc(Cl)cc1CC(=O)N1C[C@H](O)C[C@H]1C(=O)O. The van der Waals surface area contributed by atoms with Crippen LogP contribution in [0.15, 0.2) is 18.2 Å². The van der Waals surface area contributed by atoms with Gasteiger partial charge in [-0.3, -0.25) is 4.79 Å².